The first kappa shape index (κ1) is 19.9. The maximum absolute atomic E-state index is 12.9. The highest BCUT2D eigenvalue weighted by Gasteiger charge is 2.25. The lowest BCUT2D eigenvalue weighted by atomic mass is 9.99. The first-order valence-corrected chi connectivity index (χ1v) is 8.41. The number of nitrogens with zero attached hydrogens (tertiary/aromatic N) is 1. The van der Waals surface area contributed by atoms with Gasteiger partial charge in [0.25, 0.3) is 0 Å². The van der Waals surface area contributed by atoms with E-state index in [1.807, 2.05) is 17.0 Å². The Morgan fingerprint density at radius 2 is 1.87 bits per heavy atom. The number of halogens is 2. The van der Waals surface area contributed by atoms with Gasteiger partial charge in [-0.15, -0.1) is 12.4 Å². The van der Waals surface area contributed by atoms with E-state index in [4.69, 9.17) is 5.73 Å². The van der Waals surface area contributed by atoms with Crippen molar-refractivity contribution in [1.29, 1.82) is 0 Å². The van der Waals surface area contributed by atoms with Crippen molar-refractivity contribution in [3.05, 3.63) is 35.6 Å². The van der Waals surface area contributed by atoms with Gasteiger partial charge in [0.2, 0.25) is 5.91 Å². The molecule has 3 nitrogen and oxygen atoms in total. The van der Waals surface area contributed by atoms with Crippen LogP contribution in [0.1, 0.15) is 44.1 Å². The maximum atomic E-state index is 12.9. The highest BCUT2D eigenvalue weighted by Crippen LogP contribution is 2.22. The molecule has 1 aromatic carbocycles. The van der Waals surface area contributed by atoms with Crippen LogP contribution in [0.3, 0.4) is 0 Å². The minimum absolute atomic E-state index is 0. The molecule has 0 bridgehead atoms. The van der Waals surface area contributed by atoms with Crippen molar-refractivity contribution in [3.8, 4) is 0 Å². The summed E-state index contributed by atoms with van der Waals surface area (Å²) in [5, 5.41) is 0. The number of hydrogen-bond acceptors (Lipinski definition) is 2. The van der Waals surface area contributed by atoms with Gasteiger partial charge in [0.1, 0.15) is 5.82 Å². The van der Waals surface area contributed by atoms with Crippen molar-refractivity contribution in [2.45, 2.75) is 44.9 Å². The predicted octanol–water partition coefficient (Wildman–Crippen LogP) is 3.55. The molecular formula is C18H28ClFN2O. The number of carbonyl (C=O) groups is 1. The number of unbranched alkanes of at least 4 members (excludes halogenated alkanes) is 3. The highest BCUT2D eigenvalue weighted by atomic mass is 35.5. The summed E-state index contributed by atoms with van der Waals surface area (Å²) in [4.78, 5) is 14.2. The summed E-state index contributed by atoms with van der Waals surface area (Å²) in [5.74, 6) is 0.600. The van der Waals surface area contributed by atoms with E-state index in [1.165, 1.54) is 12.1 Å². The second-order valence-corrected chi connectivity index (χ2v) is 6.28. The standard InChI is InChI=1S/C18H27FN2O.ClH/c19-17-8-6-15(7-9-17)13-16-10-12-21(14-16)18(22)5-3-1-2-4-11-20;/h6-9,16H,1-5,10-14,20H2;1H. The largest absolute Gasteiger partial charge is 0.342 e. The van der Waals surface area contributed by atoms with Crippen LogP contribution in [0.2, 0.25) is 0 Å². The topological polar surface area (TPSA) is 46.3 Å². The fourth-order valence-electron chi connectivity index (χ4n) is 3.11. The van der Waals surface area contributed by atoms with E-state index in [0.29, 0.717) is 12.3 Å². The average molecular weight is 343 g/mol. The molecule has 0 radical (unpaired) electrons. The van der Waals surface area contributed by atoms with Crippen LogP contribution in [0.4, 0.5) is 4.39 Å². The summed E-state index contributed by atoms with van der Waals surface area (Å²) in [6, 6.07) is 6.71. The van der Waals surface area contributed by atoms with Crippen molar-refractivity contribution in [3.63, 3.8) is 0 Å². The molecule has 1 aliphatic rings. The van der Waals surface area contributed by atoms with Gasteiger partial charge < -0.3 is 10.6 Å². The second kappa shape index (κ2) is 10.6. The average Bonchev–Trinajstić information content (AvgIpc) is 2.98. The van der Waals surface area contributed by atoms with Crippen LogP contribution in [0.5, 0.6) is 0 Å². The fraction of sp³-hybridized carbons (Fsp3) is 0.611. The highest BCUT2D eigenvalue weighted by molar-refractivity contribution is 5.85. The number of benzene rings is 1. The van der Waals surface area contributed by atoms with E-state index >= 15 is 0 Å². The third-order valence-electron chi connectivity index (χ3n) is 4.42. The summed E-state index contributed by atoms with van der Waals surface area (Å²) in [5.41, 5.74) is 6.62. The molecular weight excluding hydrogens is 315 g/mol. The SMILES string of the molecule is Cl.NCCCCCCC(=O)N1CCC(Cc2ccc(F)cc2)C1. The van der Waals surface area contributed by atoms with Crippen LogP contribution in [-0.2, 0) is 11.2 Å². The molecule has 0 aliphatic carbocycles. The molecule has 1 unspecified atom stereocenters. The van der Waals surface area contributed by atoms with Crippen LogP contribution in [0.15, 0.2) is 24.3 Å². The van der Waals surface area contributed by atoms with Gasteiger partial charge in [-0.2, -0.15) is 0 Å². The third kappa shape index (κ3) is 6.88. The summed E-state index contributed by atoms with van der Waals surface area (Å²) >= 11 is 0. The molecule has 23 heavy (non-hydrogen) atoms. The normalized spacial score (nSPS) is 17.1. The summed E-state index contributed by atoms with van der Waals surface area (Å²) in [6.07, 6.45) is 6.88. The minimum Gasteiger partial charge on any atom is -0.342 e. The van der Waals surface area contributed by atoms with E-state index in [2.05, 4.69) is 0 Å². The number of carbonyl (C=O) groups excluding carboxylic acids is 1. The van der Waals surface area contributed by atoms with Crippen molar-refractivity contribution in [2.24, 2.45) is 11.7 Å². The Morgan fingerprint density at radius 3 is 2.57 bits per heavy atom. The minimum atomic E-state index is -0.193. The molecule has 5 heteroatoms. The Kier molecular flexibility index (Phi) is 9.19. The molecule has 1 heterocycles. The molecule has 0 aromatic heterocycles. The molecule has 1 fully saturated rings. The predicted molar refractivity (Wildman–Crippen MR) is 94.2 cm³/mol. The van der Waals surface area contributed by atoms with Gasteiger partial charge in [0.15, 0.2) is 0 Å². The third-order valence-corrected chi connectivity index (χ3v) is 4.42. The van der Waals surface area contributed by atoms with Crippen molar-refractivity contribution < 1.29 is 9.18 Å². The van der Waals surface area contributed by atoms with E-state index in [1.54, 1.807) is 0 Å². The van der Waals surface area contributed by atoms with Crippen molar-refractivity contribution in [1.82, 2.24) is 4.90 Å². The number of rotatable bonds is 8. The summed E-state index contributed by atoms with van der Waals surface area (Å²) < 4.78 is 12.9. The Bertz CT molecular complexity index is 467. The molecule has 130 valence electrons. The van der Waals surface area contributed by atoms with E-state index in [-0.39, 0.29) is 24.1 Å². The van der Waals surface area contributed by atoms with Gasteiger partial charge in [-0.05, 0) is 55.8 Å². The van der Waals surface area contributed by atoms with E-state index < -0.39 is 0 Å². The van der Waals surface area contributed by atoms with Crippen molar-refractivity contribution >= 4 is 18.3 Å². The Morgan fingerprint density at radius 1 is 1.17 bits per heavy atom. The van der Waals surface area contributed by atoms with Crippen LogP contribution in [0.25, 0.3) is 0 Å². The number of likely N-dealkylation sites (tertiary alicyclic amines) is 1. The maximum Gasteiger partial charge on any atom is 0.222 e. The van der Waals surface area contributed by atoms with Gasteiger partial charge in [-0.3, -0.25) is 4.79 Å². The molecule has 1 atom stereocenters. The lowest BCUT2D eigenvalue weighted by Gasteiger charge is -2.16. The van der Waals surface area contributed by atoms with Crippen LogP contribution in [0, 0.1) is 11.7 Å². The zero-order valence-electron chi connectivity index (χ0n) is 13.7. The number of nitrogens with two attached hydrogens (primary N) is 1. The van der Waals surface area contributed by atoms with Gasteiger partial charge in [-0.1, -0.05) is 25.0 Å². The molecule has 1 aliphatic heterocycles. The zero-order chi connectivity index (χ0) is 15.8. The second-order valence-electron chi connectivity index (χ2n) is 6.28. The van der Waals surface area contributed by atoms with E-state index in [0.717, 1.165) is 63.7 Å². The molecule has 2 N–H and O–H groups in total. The van der Waals surface area contributed by atoms with Gasteiger partial charge in [0, 0.05) is 19.5 Å². The molecule has 1 amide bonds. The summed E-state index contributed by atoms with van der Waals surface area (Å²) in [6.45, 7) is 2.46. The van der Waals surface area contributed by atoms with Gasteiger partial charge in [-0.25, -0.2) is 4.39 Å². The smallest absolute Gasteiger partial charge is 0.222 e. The van der Waals surface area contributed by atoms with Gasteiger partial charge >= 0.3 is 0 Å². The first-order valence-electron chi connectivity index (χ1n) is 8.41. The lowest BCUT2D eigenvalue weighted by molar-refractivity contribution is -0.130. The fourth-order valence-corrected chi connectivity index (χ4v) is 3.11. The number of hydrogen-bond donors (Lipinski definition) is 1. The van der Waals surface area contributed by atoms with Crippen molar-refractivity contribution in [2.75, 3.05) is 19.6 Å². The van der Waals surface area contributed by atoms with Crippen LogP contribution < -0.4 is 5.73 Å². The molecule has 0 saturated carbocycles. The Labute approximate surface area is 144 Å². The molecule has 1 saturated heterocycles. The Hall–Kier alpha value is -1.13. The first-order chi connectivity index (χ1) is 10.7. The quantitative estimate of drug-likeness (QED) is 0.734. The monoisotopic (exact) mass is 342 g/mol. The number of amides is 1. The molecule has 0 spiro atoms. The summed E-state index contributed by atoms with van der Waals surface area (Å²) in [7, 11) is 0. The lowest BCUT2D eigenvalue weighted by Crippen LogP contribution is -2.28. The molecule has 1 aromatic rings. The Balaban J connectivity index is 0.00000264. The van der Waals surface area contributed by atoms with Gasteiger partial charge in [0.05, 0.1) is 0 Å². The zero-order valence-corrected chi connectivity index (χ0v) is 14.5. The molecule has 2 rings (SSSR count). The van der Waals surface area contributed by atoms with E-state index in [9.17, 15) is 9.18 Å². The van der Waals surface area contributed by atoms with Crippen LogP contribution >= 0.6 is 12.4 Å². The van der Waals surface area contributed by atoms with Crippen LogP contribution in [-0.4, -0.2) is 30.4 Å².